The minimum absolute atomic E-state index is 0.0101. The number of hydrogen-bond donors (Lipinski definition) is 3. The van der Waals surface area contributed by atoms with Gasteiger partial charge in [0.2, 0.25) is 0 Å². The molecule has 3 N–H and O–H groups in total. The number of rotatable bonds is 0. The first-order valence-electron chi connectivity index (χ1n) is 8.29. The van der Waals surface area contributed by atoms with E-state index >= 15 is 0 Å². The van der Waals surface area contributed by atoms with E-state index < -0.39 is 11.4 Å². The summed E-state index contributed by atoms with van der Waals surface area (Å²) < 4.78 is 14.1. The molecule has 2 atom stereocenters. The summed E-state index contributed by atoms with van der Waals surface area (Å²) >= 11 is 12.2. The Kier molecular flexibility index (Phi) is 3.24. The Labute approximate surface area is 158 Å². The van der Waals surface area contributed by atoms with Gasteiger partial charge >= 0.3 is 0 Å². The molecule has 0 saturated carbocycles. The van der Waals surface area contributed by atoms with E-state index in [0.29, 0.717) is 22.7 Å². The van der Waals surface area contributed by atoms with Crippen molar-refractivity contribution in [1.82, 2.24) is 10.3 Å². The van der Waals surface area contributed by atoms with Crippen molar-refractivity contribution in [2.45, 2.75) is 24.9 Å². The molecule has 2 aliphatic heterocycles. The van der Waals surface area contributed by atoms with E-state index in [1.807, 2.05) is 6.92 Å². The number of nitrogens with one attached hydrogen (secondary N) is 3. The van der Waals surface area contributed by atoms with Crippen LogP contribution < -0.4 is 10.6 Å². The van der Waals surface area contributed by atoms with Crippen molar-refractivity contribution >= 4 is 45.7 Å². The predicted octanol–water partition coefficient (Wildman–Crippen LogP) is 4.34. The lowest BCUT2D eigenvalue weighted by molar-refractivity contribution is -0.121. The molecule has 0 fully saturated rings. The molecule has 2 aromatic carbocycles. The van der Waals surface area contributed by atoms with E-state index in [2.05, 4.69) is 15.6 Å². The third-order valence-electron chi connectivity index (χ3n) is 5.27. The zero-order chi connectivity index (χ0) is 18.2. The van der Waals surface area contributed by atoms with Crippen molar-refractivity contribution < 1.29 is 9.18 Å². The van der Waals surface area contributed by atoms with Crippen LogP contribution in [0.25, 0.3) is 10.9 Å². The lowest BCUT2D eigenvalue weighted by Gasteiger charge is -2.37. The largest absolute Gasteiger partial charge is 0.356 e. The normalized spacial score (nSPS) is 24.0. The zero-order valence-electron chi connectivity index (χ0n) is 13.7. The van der Waals surface area contributed by atoms with Crippen molar-refractivity contribution in [3.63, 3.8) is 0 Å². The highest BCUT2D eigenvalue weighted by Gasteiger charge is 2.53. The number of halogens is 3. The van der Waals surface area contributed by atoms with Crippen LogP contribution in [0.2, 0.25) is 10.0 Å². The maximum absolute atomic E-state index is 14.1. The first-order valence-corrected chi connectivity index (χ1v) is 9.05. The van der Waals surface area contributed by atoms with Crippen molar-refractivity contribution in [1.29, 1.82) is 0 Å². The lowest BCUT2D eigenvalue weighted by atomic mass is 9.80. The van der Waals surface area contributed by atoms with Gasteiger partial charge in [-0.05, 0) is 49.2 Å². The second kappa shape index (κ2) is 5.22. The Balaban J connectivity index is 1.87. The second-order valence-electron chi connectivity index (χ2n) is 6.93. The molecular weight excluding hydrogens is 376 g/mol. The number of aromatic amines is 1. The molecule has 0 bridgehead atoms. The molecule has 4 nitrogen and oxygen atoms in total. The van der Waals surface area contributed by atoms with Gasteiger partial charge < -0.3 is 10.3 Å². The lowest BCUT2D eigenvalue weighted by Crippen LogP contribution is -2.56. The monoisotopic (exact) mass is 389 g/mol. The van der Waals surface area contributed by atoms with Crippen molar-refractivity contribution in [2.24, 2.45) is 0 Å². The third-order valence-corrected chi connectivity index (χ3v) is 5.79. The molecule has 0 aliphatic carbocycles. The standard InChI is InChI=1S/C19H14Cl2FN3O/c1-8-4-11-10-6-14(22)13(21)7-16(10)23-17(11)19(25-8)12-5-9(20)2-3-15(12)24-18(19)26/h2-3,5-8,23,25H,4H2,1H3,(H,24,26)/t8-,19+/m1/s1. The number of amides is 1. The summed E-state index contributed by atoms with van der Waals surface area (Å²) in [6, 6.07) is 8.34. The van der Waals surface area contributed by atoms with E-state index in [1.165, 1.54) is 6.07 Å². The van der Waals surface area contributed by atoms with Crippen LogP contribution in [0.1, 0.15) is 23.7 Å². The average Bonchev–Trinajstić information content (AvgIpc) is 3.06. The summed E-state index contributed by atoms with van der Waals surface area (Å²) in [6.07, 6.45) is 0.668. The highest BCUT2D eigenvalue weighted by molar-refractivity contribution is 6.31. The van der Waals surface area contributed by atoms with Crippen LogP contribution in [-0.2, 0) is 16.8 Å². The van der Waals surface area contributed by atoms with E-state index in [-0.39, 0.29) is 17.0 Å². The Hall–Kier alpha value is -2.08. The Morgan fingerprint density at radius 2 is 2.04 bits per heavy atom. The minimum atomic E-state index is -1.09. The first-order chi connectivity index (χ1) is 12.4. The predicted molar refractivity (Wildman–Crippen MR) is 100 cm³/mol. The van der Waals surface area contributed by atoms with Gasteiger partial charge in [0.25, 0.3) is 5.91 Å². The molecule has 0 saturated heterocycles. The van der Waals surface area contributed by atoms with Crippen LogP contribution in [0.4, 0.5) is 10.1 Å². The molecule has 5 rings (SSSR count). The van der Waals surface area contributed by atoms with Gasteiger partial charge in [0.05, 0.1) is 10.7 Å². The average molecular weight is 390 g/mol. The van der Waals surface area contributed by atoms with Gasteiger partial charge in [-0.15, -0.1) is 0 Å². The number of fused-ring (bicyclic) bond motifs is 6. The molecule has 0 radical (unpaired) electrons. The second-order valence-corrected chi connectivity index (χ2v) is 7.78. The number of benzene rings is 2. The molecular formula is C19H14Cl2FN3O. The molecule has 132 valence electrons. The highest BCUT2D eigenvalue weighted by atomic mass is 35.5. The number of anilines is 1. The number of aromatic nitrogens is 1. The van der Waals surface area contributed by atoms with Gasteiger partial charge in [-0.1, -0.05) is 23.2 Å². The molecule has 3 heterocycles. The molecule has 3 aromatic rings. The molecule has 0 unspecified atom stereocenters. The smallest absolute Gasteiger partial charge is 0.255 e. The number of carbonyl (C=O) groups excluding carboxylic acids is 1. The zero-order valence-corrected chi connectivity index (χ0v) is 15.2. The van der Waals surface area contributed by atoms with E-state index in [9.17, 15) is 9.18 Å². The van der Waals surface area contributed by atoms with E-state index in [0.717, 1.165) is 22.2 Å². The Bertz CT molecular complexity index is 1110. The van der Waals surface area contributed by atoms with Gasteiger partial charge in [-0.3, -0.25) is 10.1 Å². The summed E-state index contributed by atoms with van der Waals surface area (Å²) in [5, 5.41) is 7.72. The summed E-state index contributed by atoms with van der Waals surface area (Å²) in [5.41, 5.74) is 2.74. The van der Waals surface area contributed by atoms with E-state index in [4.69, 9.17) is 23.2 Å². The van der Waals surface area contributed by atoms with Gasteiger partial charge in [-0.25, -0.2) is 4.39 Å². The van der Waals surface area contributed by atoms with Gasteiger partial charge in [0.15, 0.2) is 5.54 Å². The molecule has 7 heteroatoms. The molecule has 1 amide bonds. The summed E-state index contributed by atoms with van der Waals surface area (Å²) in [4.78, 5) is 16.4. The maximum Gasteiger partial charge on any atom is 0.255 e. The number of H-pyrrole nitrogens is 1. The first kappa shape index (κ1) is 16.1. The minimum Gasteiger partial charge on any atom is -0.356 e. The van der Waals surface area contributed by atoms with Crippen LogP contribution >= 0.6 is 23.2 Å². The van der Waals surface area contributed by atoms with Crippen molar-refractivity contribution in [3.8, 4) is 0 Å². The van der Waals surface area contributed by atoms with Crippen LogP contribution in [0.15, 0.2) is 30.3 Å². The quantitative estimate of drug-likeness (QED) is 0.535. The highest BCUT2D eigenvalue weighted by Crippen LogP contribution is 2.47. The molecule has 1 aromatic heterocycles. The topological polar surface area (TPSA) is 56.9 Å². The van der Waals surface area contributed by atoms with E-state index in [1.54, 1.807) is 24.3 Å². The molecule has 2 aliphatic rings. The van der Waals surface area contributed by atoms with Crippen LogP contribution in [-0.4, -0.2) is 16.9 Å². The fraction of sp³-hybridized carbons (Fsp3) is 0.211. The van der Waals surface area contributed by atoms with Gasteiger partial charge in [-0.2, -0.15) is 0 Å². The fourth-order valence-electron chi connectivity index (χ4n) is 4.24. The van der Waals surface area contributed by atoms with Gasteiger partial charge in [0, 0.05) is 33.2 Å². The summed E-state index contributed by atoms with van der Waals surface area (Å²) in [5.74, 6) is -0.652. The summed E-state index contributed by atoms with van der Waals surface area (Å²) in [6.45, 7) is 2.01. The number of hydrogen-bond acceptors (Lipinski definition) is 2. The van der Waals surface area contributed by atoms with Crippen LogP contribution in [0.5, 0.6) is 0 Å². The number of carbonyl (C=O) groups is 1. The Morgan fingerprint density at radius 3 is 2.85 bits per heavy atom. The third kappa shape index (κ3) is 1.96. The SMILES string of the molecule is C[C@@H]1Cc2c([nH]c3cc(Cl)c(F)cc23)[C@]2(N1)C(=O)Nc1ccc(Cl)cc12. The van der Waals surface area contributed by atoms with Crippen molar-refractivity contribution in [2.75, 3.05) is 5.32 Å². The maximum atomic E-state index is 14.1. The molecule has 26 heavy (non-hydrogen) atoms. The van der Waals surface area contributed by atoms with Gasteiger partial charge in [0.1, 0.15) is 5.82 Å². The van der Waals surface area contributed by atoms with Crippen LogP contribution in [0.3, 0.4) is 0 Å². The van der Waals surface area contributed by atoms with Crippen LogP contribution in [0, 0.1) is 5.82 Å². The summed E-state index contributed by atoms with van der Waals surface area (Å²) in [7, 11) is 0. The Morgan fingerprint density at radius 1 is 1.23 bits per heavy atom. The van der Waals surface area contributed by atoms with Crippen molar-refractivity contribution in [3.05, 3.63) is 63.0 Å². The molecule has 1 spiro atoms. The fourth-order valence-corrected chi connectivity index (χ4v) is 4.58.